The third-order valence-electron chi connectivity index (χ3n) is 4.35. The van der Waals surface area contributed by atoms with Crippen LogP contribution in [0.25, 0.3) is 0 Å². The Bertz CT molecular complexity index is 1090. The van der Waals surface area contributed by atoms with Gasteiger partial charge >= 0.3 is 0 Å². The third-order valence-corrected chi connectivity index (χ3v) is 4.35. The molecular formula is C20H15F2N5O2. The molecule has 146 valence electrons. The molecule has 0 atom stereocenters. The number of aromatic nitrogens is 2. The number of pyridine rings is 2. The molecule has 0 fully saturated rings. The van der Waals surface area contributed by atoms with Crippen molar-refractivity contribution < 1.29 is 18.4 Å². The highest BCUT2D eigenvalue weighted by Gasteiger charge is 2.26. The second-order valence-corrected chi connectivity index (χ2v) is 6.32. The first kappa shape index (κ1) is 18.5. The fourth-order valence-electron chi connectivity index (χ4n) is 2.92. The molecule has 0 spiro atoms. The van der Waals surface area contributed by atoms with Gasteiger partial charge in [0, 0.05) is 18.5 Å². The summed E-state index contributed by atoms with van der Waals surface area (Å²) < 4.78 is 26.9. The molecule has 0 unspecified atom stereocenters. The lowest BCUT2D eigenvalue weighted by atomic mass is 10.1. The number of benzene rings is 1. The Balaban J connectivity index is 1.62. The smallest absolute Gasteiger partial charge is 0.257 e. The van der Waals surface area contributed by atoms with Gasteiger partial charge in [-0.05, 0) is 30.3 Å². The number of nitrogens with zero attached hydrogens (tertiary/aromatic N) is 3. The minimum absolute atomic E-state index is 0.0686. The summed E-state index contributed by atoms with van der Waals surface area (Å²) in [5, 5.41) is 5.28. The van der Waals surface area contributed by atoms with Crippen molar-refractivity contribution in [2.24, 2.45) is 0 Å². The SMILES string of the molecule is O=C(Nc1ccc(F)cc1F)c1cnc2c(c1)N(Cc1ccccn1)C(=O)CN2. The summed E-state index contributed by atoms with van der Waals surface area (Å²) in [5.74, 6) is -2.03. The number of anilines is 3. The van der Waals surface area contributed by atoms with E-state index in [9.17, 15) is 18.4 Å². The van der Waals surface area contributed by atoms with E-state index in [1.54, 1.807) is 18.3 Å². The standard InChI is InChI=1S/C20H15F2N5O2/c21-13-4-5-16(15(22)8-13)26-20(29)12-7-17-19(24-9-12)25-10-18(28)27(17)11-14-3-1-2-6-23-14/h1-9H,10-11H2,(H,24,25)(H,26,29). The maximum absolute atomic E-state index is 13.8. The zero-order valence-electron chi connectivity index (χ0n) is 15.0. The van der Waals surface area contributed by atoms with Crippen molar-refractivity contribution in [3.63, 3.8) is 0 Å². The van der Waals surface area contributed by atoms with Crippen LogP contribution in [0.15, 0.2) is 54.9 Å². The first-order valence-corrected chi connectivity index (χ1v) is 8.72. The molecule has 3 heterocycles. The normalized spacial score (nSPS) is 12.9. The monoisotopic (exact) mass is 395 g/mol. The summed E-state index contributed by atoms with van der Waals surface area (Å²) in [5.41, 5.74) is 1.06. The van der Waals surface area contributed by atoms with E-state index in [1.165, 1.54) is 17.2 Å². The predicted molar refractivity (Wildman–Crippen MR) is 102 cm³/mol. The lowest BCUT2D eigenvalue weighted by Crippen LogP contribution is -2.40. The number of nitrogens with one attached hydrogen (secondary N) is 2. The number of carbonyl (C=O) groups excluding carboxylic acids is 2. The van der Waals surface area contributed by atoms with Crippen LogP contribution in [0.3, 0.4) is 0 Å². The van der Waals surface area contributed by atoms with Crippen LogP contribution in [0.5, 0.6) is 0 Å². The number of fused-ring (bicyclic) bond motifs is 1. The molecule has 0 radical (unpaired) electrons. The van der Waals surface area contributed by atoms with Gasteiger partial charge in [-0.1, -0.05) is 6.07 Å². The van der Waals surface area contributed by atoms with Crippen molar-refractivity contribution in [2.75, 3.05) is 22.1 Å². The molecule has 0 bridgehead atoms. The zero-order valence-corrected chi connectivity index (χ0v) is 15.0. The van der Waals surface area contributed by atoms with Crippen molar-refractivity contribution in [3.8, 4) is 0 Å². The first-order valence-electron chi connectivity index (χ1n) is 8.72. The topological polar surface area (TPSA) is 87.2 Å². The van der Waals surface area contributed by atoms with E-state index in [1.807, 2.05) is 6.07 Å². The minimum atomic E-state index is -0.891. The highest BCUT2D eigenvalue weighted by molar-refractivity contribution is 6.07. The van der Waals surface area contributed by atoms with Crippen LogP contribution >= 0.6 is 0 Å². The van der Waals surface area contributed by atoms with E-state index in [4.69, 9.17) is 0 Å². The van der Waals surface area contributed by atoms with Crippen LogP contribution in [-0.2, 0) is 11.3 Å². The third kappa shape index (κ3) is 3.88. The molecule has 7 nitrogen and oxygen atoms in total. The molecule has 9 heteroatoms. The van der Waals surface area contributed by atoms with Gasteiger partial charge in [-0.2, -0.15) is 0 Å². The number of halogens is 2. The van der Waals surface area contributed by atoms with Gasteiger partial charge in [-0.3, -0.25) is 14.6 Å². The molecule has 2 N–H and O–H groups in total. The van der Waals surface area contributed by atoms with Crippen molar-refractivity contribution in [3.05, 3.63) is 77.8 Å². The highest BCUT2D eigenvalue weighted by atomic mass is 19.1. The Labute approximate surface area is 164 Å². The summed E-state index contributed by atoms with van der Waals surface area (Å²) in [7, 11) is 0. The Hall–Kier alpha value is -3.88. The zero-order chi connectivity index (χ0) is 20.4. The molecule has 1 aliphatic rings. The average Bonchev–Trinajstić information content (AvgIpc) is 2.72. The molecule has 2 amide bonds. The Morgan fingerprint density at radius 2 is 2.03 bits per heavy atom. The molecule has 0 saturated carbocycles. The number of rotatable bonds is 4. The molecule has 2 aromatic heterocycles. The van der Waals surface area contributed by atoms with Crippen molar-refractivity contribution >= 4 is 29.0 Å². The molecule has 3 aromatic rings. The first-order chi connectivity index (χ1) is 14.0. The lowest BCUT2D eigenvalue weighted by Gasteiger charge is -2.29. The summed E-state index contributed by atoms with van der Waals surface area (Å²) in [4.78, 5) is 34.9. The van der Waals surface area contributed by atoms with Crippen molar-refractivity contribution in [1.82, 2.24) is 9.97 Å². The Morgan fingerprint density at radius 1 is 1.17 bits per heavy atom. The van der Waals surface area contributed by atoms with E-state index in [0.29, 0.717) is 23.3 Å². The van der Waals surface area contributed by atoms with Gasteiger partial charge in [0.2, 0.25) is 5.91 Å². The van der Waals surface area contributed by atoms with Crippen LogP contribution in [0.4, 0.5) is 26.0 Å². The molecule has 29 heavy (non-hydrogen) atoms. The molecule has 0 saturated heterocycles. The summed E-state index contributed by atoms with van der Waals surface area (Å²) >= 11 is 0. The molecule has 0 aliphatic carbocycles. The van der Waals surface area contributed by atoms with Gasteiger partial charge in [0.15, 0.2) is 5.82 Å². The maximum Gasteiger partial charge on any atom is 0.257 e. The average molecular weight is 395 g/mol. The fraction of sp³-hybridized carbons (Fsp3) is 0.100. The van der Waals surface area contributed by atoms with E-state index in [2.05, 4.69) is 20.6 Å². The number of hydrogen-bond acceptors (Lipinski definition) is 5. The van der Waals surface area contributed by atoms with Gasteiger partial charge in [0.1, 0.15) is 11.6 Å². The van der Waals surface area contributed by atoms with E-state index >= 15 is 0 Å². The van der Waals surface area contributed by atoms with Crippen LogP contribution < -0.4 is 15.5 Å². The van der Waals surface area contributed by atoms with E-state index in [0.717, 1.165) is 12.1 Å². The quantitative estimate of drug-likeness (QED) is 0.709. The van der Waals surface area contributed by atoms with Crippen LogP contribution in [0.1, 0.15) is 16.1 Å². The van der Waals surface area contributed by atoms with Crippen molar-refractivity contribution in [1.29, 1.82) is 0 Å². The summed E-state index contributed by atoms with van der Waals surface area (Å²) in [6, 6.07) is 9.72. The highest BCUT2D eigenvalue weighted by Crippen LogP contribution is 2.30. The number of amides is 2. The largest absolute Gasteiger partial charge is 0.359 e. The number of hydrogen-bond donors (Lipinski definition) is 2. The van der Waals surface area contributed by atoms with E-state index in [-0.39, 0.29) is 30.2 Å². The van der Waals surface area contributed by atoms with Crippen LogP contribution in [0.2, 0.25) is 0 Å². The number of carbonyl (C=O) groups is 2. The second kappa shape index (κ2) is 7.63. The van der Waals surface area contributed by atoms with Gasteiger partial charge in [-0.25, -0.2) is 13.8 Å². The minimum Gasteiger partial charge on any atom is -0.359 e. The van der Waals surface area contributed by atoms with Gasteiger partial charge in [0.05, 0.1) is 35.7 Å². The maximum atomic E-state index is 13.8. The van der Waals surface area contributed by atoms with Crippen molar-refractivity contribution in [2.45, 2.75) is 6.54 Å². The lowest BCUT2D eigenvalue weighted by molar-refractivity contribution is -0.117. The molecule has 1 aliphatic heterocycles. The molecule has 1 aromatic carbocycles. The van der Waals surface area contributed by atoms with Gasteiger partial charge in [-0.15, -0.1) is 0 Å². The predicted octanol–water partition coefficient (Wildman–Crippen LogP) is 2.97. The fourth-order valence-corrected chi connectivity index (χ4v) is 2.92. The Morgan fingerprint density at radius 3 is 2.79 bits per heavy atom. The Kier molecular flexibility index (Phi) is 4.86. The molecule has 4 rings (SSSR count). The van der Waals surface area contributed by atoms with Crippen LogP contribution in [-0.4, -0.2) is 28.3 Å². The summed E-state index contributed by atoms with van der Waals surface area (Å²) in [6.07, 6.45) is 2.94. The van der Waals surface area contributed by atoms with E-state index < -0.39 is 17.5 Å². The van der Waals surface area contributed by atoms with Gasteiger partial charge < -0.3 is 15.5 Å². The molecular weight excluding hydrogens is 380 g/mol. The second-order valence-electron chi connectivity index (χ2n) is 6.32. The summed E-state index contributed by atoms with van der Waals surface area (Å²) in [6.45, 7) is 0.285. The van der Waals surface area contributed by atoms with Gasteiger partial charge in [0.25, 0.3) is 5.91 Å². The van der Waals surface area contributed by atoms with Crippen LogP contribution in [0, 0.1) is 11.6 Å².